The number of benzene rings is 2. The van der Waals surface area contributed by atoms with Gasteiger partial charge in [-0.25, -0.2) is 0 Å². The fourth-order valence-corrected chi connectivity index (χ4v) is 2.45. The van der Waals surface area contributed by atoms with Crippen molar-refractivity contribution >= 4 is 39.1 Å². The van der Waals surface area contributed by atoms with Gasteiger partial charge in [-0.15, -0.1) is 0 Å². The molecule has 0 saturated carbocycles. The summed E-state index contributed by atoms with van der Waals surface area (Å²) in [5.41, 5.74) is 2.33. The lowest BCUT2D eigenvalue weighted by Crippen LogP contribution is -2.36. The largest absolute Gasteiger partial charge is 0.497 e. The summed E-state index contributed by atoms with van der Waals surface area (Å²) < 4.78 is 6.04. The van der Waals surface area contributed by atoms with Crippen molar-refractivity contribution < 1.29 is 14.3 Å². The van der Waals surface area contributed by atoms with Crippen molar-refractivity contribution in [2.75, 3.05) is 23.9 Å². The molecule has 0 bridgehead atoms. The molecule has 0 radical (unpaired) electrons. The van der Waals surface area contributed by atoms with Gasteiger partial charge in [-0.05, 0) is 55.0 Å². The molecule has 0 aromatic heterocycles. The maximum atomic E-state index is 12.3. The number of rotatable bonds is 5. The molecule has 2 rings (SSSR count). The lowest BCUT2D eigenvalue weighted by Gasteiger charge is -2.21. The highest BCUT2D eigenvalue weighted by molar-refractivity contribution is 9.10. The van der Waals surface area contributed by atoms with Gasteiger partial charge in [-0.1, -0.05) is 15.9 Å². The number of hydrogen-bond donors (Lipinski definition) is 1. The van der Waals surface area contributed by atoms with Gasteiger partial charge in [0.1, 0.15) is 12.3 Å². The van der Waals surface area contributed by atoms with E-state index in [1.165, 1.54) is 11.8 Å². The van der Waals surface area contributed by atoms with Crippen LogP contribution in [-0.4, -0.2) is 25.5 Å². The van der Waals surface area contributed by atoms with Crippen LogP contribution in [0.1, 0.15) is 12.5 Å². The number of nitrogens with zero attached hydrogens (tertiary/aromatic N) is 1. The molecular weight excluding hydrogens is 372 g/mol. The Bertz CT molecular complexity index is 744. The van der Waals surface area contributed by atoms with Gasteiger partial charge in [0.15, 0.2) is 0 Å². The fourth-order valence-electron chi connectivity index (χ4n) is 2.20. The van der Waals surface area contributed by atoms with E-state index in [-0.39, 0.29) is 18.4 Å². The highest BCUT2D eigenvalue weighted by atomic mass is 79.9. The molecule has 126 valence electrons. The van der Waals surface area contributed by atoms with Crippen LogP contribution in [0.25, 0.3) is 0 Å². The van der Waals surface area contributed by atoms with Crippen molar-refractivity contribution in [2.24, 2.45) is 0 Å². The van der Waals surface area contributed by atoms with E-state index in [9.17, 15) is 9.59 Å². The summed E-state index contributed by atoms with van der Waals surface area (Å²) in [5, 5.41) is 2.78. The van der Waals surface area contributed by atoms with Gasteiger partial charge < -0.3 is 15.0 Å². The minimum absolute atomic E-state index is 0.0531. The summed E-state index contributed by atoms with van der Waals surface area (Å²) in [5.74, 6) is 0.251. The highest BCUT2D eigenvalue weighted by Gasteiger charge is 2.16. The molecule has 0 aliphatic rings. The van der Waals surface area contributed by atoms with Gasteiger partial charge in [0.25, 0.3) is 0 Å². The molecule has 1 N–H and O–H groups in total. The zero-order chi connectivity index (χ0) is 17.7. The second-order valence-electron chi connectivity index (χ2n) is 5.32. The third-order valence-electron chi connectivity index (χ3n) is 3.51. The number of halogens is 1. The van der Waals surface area contributed by atoms with Crippen LogP contribution < -0.4 is 15.0 Å². The number of nitrogens with one attached hydrogen (secondary N) is 1. The first-order valence-electron chi connectivity index (χ1n) is 7.39. The van der Waals surface area contributed by atoms with Gasteiger partial charge in [-0.2, -0.15) is 0 Å². The Morgan fingerprint density at radius 1 is 1.17 bits per heavy atom. The summed E-state index contributed by atoms with van der Waals surface area (Å²) in [4.78, 5) is 25.6. The molecule has 2 aromatic carbocycles. The lowest BCUT2D eigenvalue weighted by atomic mass is 10.2. The van der Waals surface area contributed by atoms with Gasteiger partial charge in [0.2, 0.25) is 11.8 Å². The molecule has 0 fully saturated rings. The molecule has 0 saturated heterocycles. The molecule has 0 unspecified atom stereocenters. The summed E-state index contributed by atoms with van der Waals surface area (Å²) in [6.07, 6.45) is 0. The van der Waals surface area contributed by atoms with E-state index in [0.717, 1.165) is 10.0 Å². The van der Waals surface area contributed by atoms with Crippen LogP contribution in [0.2, 0.25) is 0 Å². The number of carbonyl (C=O) groups excluding carboxylic acids is 2. The van der Waals surface area contributed by atoms with Crippen molar-refractivity contribution in [3.05, 3.63) is 52.5 Å². The highest BCUT2D eigenvalue weighted by Crippen LogP contribution is 2.23. The van der Waals surface area contributed by atoms with Crippen LogP contribution in [0.15, 0.2) is 46.9 Å². The first kappa shape index (κ1) is 18.0. The number of carbonyl (C=O) groups is 2. The van der Waals surface area contributed by atoms with Gasteiger partial charge in [0.05, 0.1) is 7.11 Å². The standard InChI is InChI=1S/C18H19BrN2O3/c1-12-10-15(6-9-17(12)19)21(13(2)22)11-18(23)20-14-4-7-16(24-3)8-5-14/h4-10H,11H2,1-3H3,(H,20,23). The van der Waals surface area contributed by atoms with Gasteiger partial charge in [-0.3, -0.25) is 9.59 Å². The second-order valence-corrected chi connectivity index (χ2v) is 6.17. The third-order valence-corrected chi connectivity index (χ3v) is 4.40. The number of ether oxygens (including phenoxy) is 1. The normalized spacial score (nSPS) is 10.2. The molecule has 0 spiro atoms. The van der Waals surface area contributed by atoms with E-state index in [1.54, 1.807) is 37.4 Å². The Labute approximate surface area is 149 Å². The van der Waals surface area contributed by atoms with Crippen molar-refractivity contribution in [1.82, 2.24) is 0 Å². The van der Waals surface area contributed by atoms with Gasteiger partial charge >= 0.3 is 0 Å². The lowest BCUT2D eigenvalue weighted by molar-refractivity contribution is -0.120. The molecule has 0 atom stereocenters. The molecular formula is C18H19BrN2O3. The van der Waals surface area contributed by atoms with Crippen LogP contribution in [0, 0.1) is 6.92 Å². The Kier molecular flexibility index (Phi) is 5.98. The average molecular weight is 391 g/mol. The second kappa shape index (κ2) is 7.97. The minimum atomic E-state index is -0.268. The molecule has 0 heterocycles. The van der Waals surface area contributed by atoms with Crippen molar-refractivity contribution in [1.29, 1.82) is 0 Å². The third kappa shape index (κ3) is 4.58. The number of methoxy groups -OCH3 is 1. The molecule has 2 aromatic rings. The predicted octanol–water partition coefficient (Wildman–Crippen LogP) is 3.76. The molecule has 5 nitrogen and oxygen atoms in total. The maximum absolute atomic E-state index is 12.3. The zero-order valence-electron chi connectivity index (χ0n) is 13.8. The molecule has 6 heteroatoms. The van der Waals surface area contributed by atoms with Crippen LogP contribution in [0.3, 0.4) is 0 Å². The number of aryl methyl sites for hydroxylation is 1. The van der Waals surface area contributed by atoms with E-state index in [0.29, 0.717) is 17.1 Å². The molecule has 0 aliphatic heterocycles. The average Bonchev–Trinajstić information content (AvgIpc) is 2.56. The summed E-state index contributed by atoms with van der Waals surface area (Å²) in [7, 11) is 1.58. The number of hydrogen-bond acceptors (Lipinski definition) is 3. The monoisotopic (exact) mass is 390 g/mol. The topological polar surface area (TPSA) is 58.6 Å². The van der Waals surface area contributed by atoms with E-state index in [4.69, 9.17) is 4.74 Å². The zero-order valence-corrected chi connectivity index (χ0v) is 15.4. The van der Waals surface area contributed by atoms with Gasteiger partial charge in [0, 0.05) is 22.8 Å². The quantitative estimate of drug-likeness (QED) is 0.845. The first-order chi connectivity index (χ1) is 11.4. The summed E-state index contributed by atoms with van der Waals surface area (Å²) in [6, 6.07) is 12.6. The summed E-state index contributed by atoms with van der Waals surface area (Å²) >= 11 is 3.43. The molecule has 24 heavy (non-hydrogen) atoms. The van der Waals surface area contributed by atoms with Crippen molar-refractivity contribution in [2.45, 2.75) is 13.8 Å². The Hall–Kier alpha value is -2.34. The van der Waals surface area contributed by atoms with E-state index in [2.05, 4.69) is 21.2 Å². The Morgan fingerprint density at radius 3 is 2.38 bits per heavy atom. The smallest absolute Gasteiger partial charge is 0.244 e. The summed E-state index contributed by atoms with van der Waals surface area (Å²) in [6.45, 7) is 3.32. The maximum Gasteiger partial charge on any atom is 0.244 e. The Balaban J connectivity index is 2.10. The van der Waals surface area contributed by atoms with Crippen LogP contribution in [-0.2, 0) is 9.59 Å². The van der Waals surface area contributed by atoms with E-state index in [1.807, 2.05) is 19.1 Å². The predicted molar refractivity (Wildman–Crippen MR) is 98.5 cm³/mol. The Morgan fingerprint density at radius 2 is 1.83 bits per heavy atom. The van der Waals surface area contributed by atoms with Crippen LogP contribution in [0.5, 0.6) is 5.75 Å². The molecule has 2 amide bonds. The first-order valence-corrected chi connectivity index (χ1v) is 8.18. The number of anilines is 2. The van der Waals surface area contributed by atoms with E-state index < -0.39 is 0 Å². The number of amides is 2. The van der Waals surface area contributed by atoms with Crippen LogP contribution in [0.4, 0.5) is 11.4 Å². The molecule has 0 aliphatic carbocycles. The fraction of sp³-hybridized carbons (Fsp3) is 0.222. The van der Waals surface area contributed by atoms with Crippen LogP contribution >= 0.6 is 15.9 Å². The SMILES string of the molecule is COc1ccc(NC(=O)CN(C(C)=O)c2ccc(Br)c(C)c2)cc1. The minimum Gasteiger partial charge on any atom is -0.497 e. The van der Waals surface area contributed by atoms with Crippen molar-refractivity contribution in [3.8, 4) is 5.75 Å². The van der Waals surface area contributed by atoms with E-state index >= 15 is 0 Å². The van der Waals surface area contributed by atoms with Crippen molar-refractivity contribution in [3.63, 3.8) is 0 Å².